The van der Waals surface area contributed by atoms with Crippen molar-refractivity contribution >= 4 is 0 Å². The minimum atomic E-state index is 0.648. The standard InChI is InChI=1S/C6H14N2/c1-3-6-7-4-5-8(6)2/h6-7H,3-5H2,1-2H3. The van der Waals surface area contributed by atoms with Crippen LogP contribution in [0, 0.1) is 0 Å². The summed E-state index contributed by atoms with van der Waals surface area (Å²) in [7, 11) is 2.16. The molecule has 0 saturated carbocycles. The van der Waals surface area contributed by atoms with E-state index in [4.69, 9.17) is 0 Å². The van der Waals surface area contributed by atoms with Crippen molar-refractivity contribution in [3.63, 3.8) is 0 Å². The van der Waals surface area contributed by atoms with E-state index in [1.54, 1.807) is 0 Å². The van der Waals surface area contributed by atoms with Crippen LogP contribution in [0.5, 0.6) is 0 Å². The predicted octanol–water partition coefficient (Wildman–Crippen LogP) is 0.257. The highest BCUT2D eigenvalue weighted by Gasteiger charge is 2.16. The van der Waals surface area contributed by atoms with Gasteiger partial charge in [-0.25, -0.2) is 0 Å². The SMILES string of the molecule is CCC1NCCN1C. The van der Waals surface area contributed by atoms with Gasteiger partial charge < -0.3 is 5.32 Å². The van der Waals surface area contributed by atoms with Crippen LogP contribution >= 0.6 is 0 Å². The molecule has 0 aromatic rings. The summed E-state index contributed by atoms with van der Waals surface area (Å²) in [5, 5.41) is 3.38. The Labute approximate surface area is 50.9 Å². The second kappa shape index (κ2) is 2.46. The fourth-order valence-electron chi connectivity index (χ4n) is 1.18. The molecule has 1 rings (SSSR count). The quantitative estimate of drug-likeness (QED) is 0.526. The van der Waals surface area contributed by atoms with Crippen LogP contribution in [0.15, 0.2) is 0 Å². The number of nitrogens with zero attached hydrogens (tertiary/aromatic N) is 1. The van der Waals surface area contributed by atoms with Crippen LogP contribution in [-0.4, -0.2) is 31.2 Å². The molecule has 0 bridgehead atoms. The molecule has 1 heterocycles. The molecule has 8 heavy (non-hydrogen) atoms. The molecule has 1 fully saturated rings. The lowest BCUT2D eigenvalue weighted by Gasteiger charge is -2.15. The lowest BCUT2D eigenvalue weighted by atomic mass is 10.4. The lowest BCUT2D eigenvalue weighted by molar-refractivity contribution is 0.287. The Hall–Kier alpha value is -0.0800. The van der Waals surface area contributed by atoms with Crippen molar-refractivity contribution in [3.8, 4) is 0 Å². The van der Waals surface area contributed by atoms with Gasteiger partial charge in [-0.05, 0) is 13.5 Å². The first-order valence-electron chi connectivity index (χ1n) is 3.28. The predicted molar refractivity (Wildman–Crippen MR) is 34.7 cm³/mol. The Morgan fingerprint density at radius 3 is 2.75 bits per heavy atom. The minimum absolute atomic E-state index is 0.648. The van der Waals surface area contributed by atoms with Gasteiger partial charge >= 0.3 is 0 Å². The van der Waals surface area contributed by atoms with Gasteiger partial charge in [-0.1, -0.05) is 6.92 Å². The van der Waals surface area contributed by atoms with Crippen molar-refractivity contribution in [3.05, 3.63) is 0 Å². The molecule has 1 atom stereocenters. The van der Waals surface area contributed by atoms with E-state index < -0.39 is 0 Å². The van der Waals surface area contributed by atoms with E-state index in [1.807, 2.05) is 0 Å². The maximum atomic E-state index is 3.38. The first-order chi connectivity index (χ1) is 3.84. The highest BCUT2D eigenvalue weighted by Crippen LogP contribution is 2.01. The van der Waals surface area contributed by atoms with Crippen LogP contribution in [0.2, 0.25) is 0 Å². The Morgan fingerprint density at radius 1 is 1.75 bits per heavy atom. The molecule has 1 N–H and O–H groups in total. The molecule has 1 aliphatic heterocycles. The third kappa shape index (κ3) is 1.01. The zero-order chi connectivity index (χ0) is 5.98. The normalized spacial score (nSPS) is 31.5. The van der Waals surface area contributed by atoms with Crippen LogP contribution in [0.1, 0.15) is 13.3 Å². The average molecular weight is 114 g/mol. The van der Waals surface area contributed by atoms with E-state index >= 15 is 0 Å². The summed E-state index contributed by atoms with van der Waals surface area (Å²) >= 11 is 0. The minimum Gasteiger partial charge on any atom is -0.300 e. The first-order valence-corrected chi connectivity index (χ1v) is 3.28. The maximum absolute atomic E-state index is 3.38. The fourth-order valence-corrected chi connectivity index (χ4v) is 1.18. The van der Waals surface area contributed by atoms with Crippen LogP contribution in [0.4, 0.5) is 0 Å². The molecule has 48 valence electrons. The van der Waals surface area contributed by atoms with E-state index in [0.717, 1.165) is 6.54 Å². The monoisotopic (exact) mass is 114 g/mol. The highest BCUT2D eigenvalue weighted by atomic mass is 15.3. The topological polar surface area (TPSA) is 15.3 Å². The highest BCUT2D eigenvalue weighted by molar-refractivity contribution is 4.72. The summed E-state index contributed by atoms with van der Waals surface area (Å²) in [4.78, 5) is 2.35. The Bertz CT molecular complexity index is 72.9. The van der Waals surface area contributed by atoms with Crippen LogP contribution < -0.4 is 5.32 Å². The van der Waals surface area contributed by atoms with Crippen molar-refractivity contribution < 1.29 is 0 Å². The number of nitrogens with one attached hydrogen (secondary N) is 1. The lowest BCUT2D eigenvalue weighted by Crippen LogP contribution is -2.31. The average Bonchev–Trinajstić information content (AvgIpc) is 2.14. The van der Waals surface area contributed by atoms with E-state index in [-0.39, 0.29) is 0 Å². The number of rotatable bonds is 1. The van der Waals surface area contributed by atoms with Gasteiger partial charge in [-0.15, -0.1) is 0 Å². The van der Waals surface area contributed by atoms with Crippen molar-refractivity contribution in [1.29, 1.82) is 0 Å². The van der Waals surface area contributed by atoms with Gasteiger partial charge in [0.25, 0.3) is 0 Å². The van der Waals surface area contributed by atoms with Crippen molar-refractivity contribution in [2.45, 2.75) is 19.5 Å². The molecule has 0 aliphatic carbocycles. The fraction of sp³-hybridized carbons (Fsp3) is 1.00. The number of hydrogen-bond donors (Lipinski definition) is 1. The molecular weight excluding hydrogens is 100 g/mol. The van der Waals surface area contributed by atoms with Crippen LogP contribution in [0.25, 0.3) is 0 Å². The molecule has 1 unspecified atom stereocenters. The molecule has 0 aromatic carbocycles. The second-order valence-corrected chi connectivity index (χ2v) is 2.36. The third-order valence-corrected chi connectivity index (χ3v) is 1.76. The first kappa shape index (κ1) is 6.05. The van der Waals surface area contributed by atoms with Gasteiger partial charge in [0.15, 0.2) is 0 Å². The van der Waals surface area contributed by atoms with Crippen molar-refractivity contribution in [2.75, 3.05) is 20.1 Å². The van der Waals surface area contributed by atoms with Crippen molar-refractivity contribution in [1.82, 2.24) is 10.2 Å². The second-order valence-electron chi connectivity index (χ2n) is 2.36. The van der Waals surface area contributed by atoms with E-state index in [9.17, 15) is 0 Å². The summed E-state index contributed by atoms with van der Waals surface area (Å²) < 4.78 is 0. The molecule has 0 amide bonds. The maximum Gasteiger partial charge on any atom is 0.0592 e. The van der Waals surface area contributed by atoms with E-state index in [1.165, 1.54) is 13.0 Å². The summed E-state index contributed by atoms with van der Waals surface area (Å²) in [6, 6.07) is 0. The summed E-state index contributed by atoms with van der Waals surface area (Å²) in [6.45, 7) is 4.58. The Morgan fingerprint density at radius 2 is 2.50 bits per heavy atom. The molecule has 1 saturated heterocycles. The molecule has 0 radical (unpaired) electrons. The van der Waals surface area contributed by atoms with Gasteiger partial charge in [0.05, 0.1) is 6.17 Å². The zero-order valence-electron chi connectivity index (χ0n) is 5.65. The van der Waals surface area contributed by atoms with Crippen LogP contribution in [0.3, 0.4) is 0 Å². The molecule has 0 aromatic heterocycles. The molecule has 2 heteroatoms. The number of likely N-dealkylation sites (N-methyl/N-ethyl adjacent to an activating group) is 1. The third-order valence-electron chi connectivity index (χ3n) is 1.76. The van der Waals surface area contributed by atoms with Crippen LogP contribution in [-0.2, 0) is 0 Å². The largest absolute Gasteiger partial charge is 0.300 e. The molecular formula is C6H14N2. The van der Waals surface area contributed by atoms with Gasteiger partial charge in [-0.3, -0.25) is 4.90 Å². The summed E-state index contributed by atoms with van der Waals surface area (Å²) in [5.74, 6) is 0. The smallest absolute Gasteiger partial charge is 0.0592 e. The molecule has 1 aliphatic rings. The van der Waals surface area contributed by atoms with Gasteiger partial charge in [0, 0.05) is 13.1 Å². The Kier molecular flexibility index (Phi) is 1.86. The van der Waals surface area contributed by atoms with Gasteiger partial charge in [0.1, 0.15) is 0 Å². The Balaban J connectivity index is 2.30. The van der Waals surface area contributed by atoms with Crippen molar-refractivity contribution in [2.24, 2.45) is 0 Å². The van der Waals surface area contributed by atoms with E-state index in [0.29, 0.717) is 6.17 Å². The molecule has 0 spiro atoms. The summed E-state index contributed by atoms with van der Waals surface area (Å²) in [6.07, 6.45) is 1.87. The number of hydrogen-bond acceptors (Lipinski definition) is 2. The summed E-state index contributed by atoms with van der Waals surface area (Å²) in [5.41, 5.74) is 0. The van der Waals surface area contributed by atoms with Gasteiger partial charge in [-0.2, -0.15) is 0 Å². The zero-order valence-corrected chi connectivity index (χ0v) is 5.65. The molecule has 2 nitrogen and oxygen atoms in total. The van der Waals surface area contributed by atoms with E-state index in [2.05, 4.69) is 24.2 Å². The van der Waals surface area contributed by atoms with Gasteiger partial charge in [0.2, 0.25) is 0 Å².